The molecule has 0 N–H and O–H groups in total. The van der Waals surface area contributed by atoms with Crippen LogP contribution in [0.2, 0.25) is 0 Å². The molecule has 0 saturated carbocycles. The second-order valence-electron chi connectivity index (χ2n) is 3.67. The lowest BCUT2D eigenvalue weighted by Gasteiger charge is -2.03. The van der Waals surface area contributed by atoms with Crippen molar-refractivity contribution in [2.24, 2.45) is 0 Å². The first kappa shape index (κ1) is 11.3. The topological polar surface area (TPSA) is 56.3 Å². The zero-order chi connectivity index (χ0) is 12.3. The van der Waals surface area contributed by atoms with Gasteiger partial charge in [-0.05, 0) is 19.1 Å². The highest BCUT2D eigenvalue weighted by Gasteiger charge is 2.10. The minimum atomic E-state index is -0.578. The molecule has 17 heavy (non-hydrogen) atoms. The molecule has 0 spiro atoms. The number of ether oxygens (including phenoxy) is 1. The largest absolute Gasteiger partial charge is 0.453 e. The Hall–Kier alpha value is -2.23. The van der Waals surface area contributed by atoms with Gasteiger partial charge < -0.3 is 4.74 Å². The van der Waals surface area contributed by atoms with Gasteiger partial charge in [-0.25, -0.2) is 9.78 Å². The SMILES string of the molecule is CC(=O)COC(=O)c1ccc2ccccc2n1. The predicted molar refractivity (Wildman–Crippen MR) is 62.7 cm³/mol. The minimum Gasteiger partial charge on any atom is -0.453 e. The van der Waals surface area contributed by atoms with E-state index in [1.165, 1.54) is 6.92 Å². The monoisotopic (exact) mass is 229 g/mol. The molecule has 1 aromatic heterocycles. The highest BCUT2D eigenvalue weighted by atomic mass is 16.5. The smallest absolute Gasteiger partial charge is 0.357 e. The molecule has 4 heteroatoms. The van der Waals surface area contributed by atoms with Crippen LogP contribution in [-0.2, 0) is 9.53 Å². The summed E-state index contributed by atoms with van der Waals surface area (Å²) >= 11 is 0. The van der Waals surface area contributed by atoms with Crippen molar-refractivity contribution < 1.29 is 14.3 Å². The third kappa shape index (κ3) is 2.66. The zero-order valence-electron chi connectivity index (χ0n) is 9.34. The van der Waals surface area contributed by atoms with E-state index < -0.39 is 5.97 Å². The molecule has 0 aliphatic carbocycles. The standard InChI is InChI=1S/C13H11NO3/c1-9(15)8-17-13(16)12-7-6-10-4-2-3-5-11(10)14-12/h2-7H,8H2,1H3. The maximum Gasteiger partial charge on any atom is 0.357 e. The number of rotatable bonds is 3. The Morgan fingerprint density at radius 2 is 1.94 bits per heavy atom. The molecule has 0 fully saturated rings. The lowest BCUT2D eigenvalue weighted by molar-refractivity contribution is -0.120. The molecule has 0 radical (unpaired) electrons. The number of para-hydroxylation sites is 1. The summed E-state index contributed by atoms with van der Waals surface area (Å²) in [5, 5.41) is 0.954. The van der Waals surface area contributed by atoms with Crippen LogP contribution in [0.1, 0.15) is 17.4 Å². The number of Topliss-reactive ketones (excluding diaryl/α,β-unsaturated/α-hetero) is 1. The average Bonchev–Trinajstić information content (AvgIpc) is 2.35. The molecule has 1 aromatic carbocycles. The number of benzene rings is 1. The highest BCUT2D eigenvalue weighted by molar-refractivity contribution is 5.92. The van der Waals surface area contributed by atoms with E-state index in [0.717, 1.165) is 10.9 Å². The Morgan fingerprint density at radius 3 is 2.71 bits per heavy atom. The number of carbonyl (C=O) groups excluding carboxylic acids is 2. The molecule has 86 valence electrons. The number of nitrogens with zero attached hydrogens (tertiary/aromatic N) is 1. The van der Waals surface area contributed by atoms with E-state index in [9.17, 15) is 9.59 Å². The fourth-order valence-corrected chi connectivity index (χ4v) is 1.42. The van der Waals surface area contributed by atoms with Gasteiger partial charge in [-0.2, -0.15) is 0 Å². The molecule has 0 atom stereocenters. The second kappa shape index (κ2) is 4.74. The van der Waals surface area contributed by atoms with E-state index in [0.29, 0.717) is 0 Å². The van der Waals surface area contributed by atoms with Gasteiger partial charge in [-0.1, -0.05) is 24.3 Å². The van der Waals surface area contributed by atoms with Crippen molar-refractivity contribution in [1.82, 2.24) is 4.98 Å². The van der Waals surface area contributed by atoms with Gasteiger partial charge in [-0.3, -0.25) is 4.79 Å². The third-order valence-corrected chi connectivity index (χ3v) is 2.21. The molecule has 2 aromatic rings. The predicted octanol–water partition coefficient (Wildman–Crippen LogP) is 1.98. The summed E-state index contributed by atoms with van der Waals surface area (Å²) in [5.74, 6) is -0.773. The van der Waals surface area contributed by atoms with Gasteiger partial charge in [0.2, 0.25) is 0 Å². The van der Waals surface area contributed by atoms with E-state index in [1.54, 1.807) is 12.1 Å². The Kier molecular flexibility index (Phi) is 3.14. The molecular weight excluding hydrogens is 218 g/mol. The summed E-state index contributed by atoms with van der Waals surface area (Å²) in [6.07, 6.45) is 0. The van der Waals surface area contributed by atoms with Crippen molar-refractivity contribution in [1.29, 1.82) is 0 Å². The van der Waals surface area contributed by atoms with Gasteiger partial charge in [0.05, 0.1) is 5.52 Å². The van der Waals surface area contributed by atoms with Crippen LogP contribution in [0.5, 0.6) is 0 Å². The number of esters is 1. The third-order valence-electron chi connectivity index (χ3n) is 2.21. The van der Waals surface area contributed by atoms with Gasteiger partial charge in [0, 0.05) is 5.39 Å². The lowest BCUT2D eigenvalue weighted by Crippen LogP contribution is -2.12. The average molecular weight is 229 g/mol. The fraction of sp³-hybridized carbons (Fsp3) is 0.154. The van der Waals surface area contributed by atoms with E-state index in [4.69, 9.17) is 4.74 Å². The van der Waals surface area contributed by atoms with Crippen molar-refractivity contribution in [3.05, 3.63) is 42.1 Å². The van der Waals surface area contributed by atoms with Crippen LogP contribution >= 0.6 is 0 Å². The summed E-state index contributed by atoms with van der Waals surface area (Å²) < 4.78 is 4.79. The van der Waals surface area contributed by atoms with Crippen molar-refractivity contribution in [2.75, 3.05) is 6.61 Å². The molecule has 0 bridgehead atoms. The maximum absolute atomic E-state index is 11.6. The van der Waals surface area contributed by atoms with Crippen LogP contribution in [0.4, 0.5) is 0 Å². The van der Waals surface area contributed by atoms with Crippen LogP contribution < -0.4 is 0 Å². The van der Waals surface area contributed by atoms with Gasteiger partial charge >= 0.3 is 5.97 Å². The number of fused-ring (bicyclic) bond motifs is 1. The summed E-state index contributed by atoms with van der Waals surface area (Å²) in [7, 11) is 0. The molecule has 1 heterocycles. The van der Waals surface area contributed by atoms with E-state index in [2.05, 4.69) is 4.98 Å². The first-order valence-electron chi connectivity index (χ1n) is 5.19. The summed E-state index contributed by atoms with van der Waals surface area (Å²) in [6.45, 7) is 1.15. The fourth-order valence-electron chi connectivity index (χ4n) is 1.42. The molecule has 0 saturated heterocycles. The van der Waals surface area contributed by atoms with Crippen molar-refractivity contribution >= 4 is 22.7 Å². The van der Waals surface area contributed by atoms with Crippen LogP contribution in [0.15, 0.2) is 36.4 Å². The maximum atomic E-state index is 11.6. The Labute approximate surface area is 98.2 Å². The Bertz CT molecular complexity index is 578. The number of hydrogen-bond acceptors (Lipinski definition) is 4. The zero-order valence-corrected chi connectivity index (χ0v) is 9.34. The molecule has 2 rings (SSSR count). The van der Waals surface area contributed by atoms with Gasteiger partial charge in [0.15, 0.2) is 5.78 Å². The molecule has 0 aliphatic rings. The summed E-state index contributed by atoms with van der Waals surface area (Å²) in [4.78, 5) is 26.4. The molecule has 0 amide bonds. The highest BCUT2D eigenvalue weighted by Crippen LogP contribution is 2.12. The first-order valence-corrected chi connectivity index (χ1v) is 5.19. The van der Waals surface area contributed by atoms with Crippen LogP contribution in [0.25, 0.3) is 10.9 Å². The first-order chi connectivity index (χ1) is 8.16. The number of carbonyl (C=O) groups is 2. The normalized spacial score (nSPS) is 10.2. The van der Waals surface area contributed by atoms with E-state index >= 15 is 0 Å². The Morgan fingerprint density at radius 1 is 1.18 bits per heavy atom. The number of hydrogen-bond donors (Lipinski definition) is 0. The number of ketones is 1. The number of pyridine rings is 1. The van der Waals surface area contributed by atoms with Gasteiger partial charge in [-0.15, -0.1) is 0 Å². The minimum absolute atomic E-state index is 0.195. The van der Waals surface area contributed by atoms with Crippen molar-refractivity contribution in [3.63, 3.8) is 0 Å². The summed E-state index contributed by atoms with van der Waals surface area (Å²) in [5.41, 5.74) is 0.940. The lowest BCUT2D eigenvalue weighted by atomic mass is 10.2. The second-order valence-corrected chi connectivity index (χ2v) is 3.67. The molecule has 0 unspecified atom stereocenters. The molecule has 4 nitrogen and oxygen atoms in total. The van der Waals surface area contributed by atoms with Gasteiger partial charge in [0.1, 0.15) is 12.3 Å². The molecule has 0 aliphatic heterocycles. The van der Waals surface area contributed by atoms with Crippen LogP contribution in [-0.4, -0.2) is 23.3 Å². The number of aromatic nitrogens is 1. The summed E-state index contributed by atoms with van der Waals surface area (Å²) in [6, 6.07) is 10.9. The quantitative estimate of drug-likeness (QED) is 0.755. The Balaban J connectivity index is 2.24. The molecular formula is C13H11NO3. The van der Waals surface area contributed by atoms with Crippen LogP contribution in [0.3, 0.4) is 0 Å². The van der Waals surface area contributed by atoms with Crippen LogP contribution in [0, 0.1) is 0 Å². The van der Waals surface area contributed by atoms with Crippen molar-refractivity contribution in [3.8, 4) is 0 Å². The van der Waals surface area contributed by atoms with E-state index in [-0.39, 0.29) is 18.1 Å². The van der Waals surface area contributed by atoms with Crippen molar-refractivity contribution in [2.45, 2.75) is 6.92 Å². The van der Waals surface area contributed by atoms with Gasteiger partial charge in [0.25, 0.3) is 0 Å². The van der Waals surface area contributed by atoms with E-state index in [1.807, 2.05) is 24.3 Å².